The van der Waals surface area contributed by atoms with Gasteiger partial charge in [0.2, 0.25) is 0 Å². The summed E-state index contributed by atoms with van der Waals surface area (Å²) in [5, 5.41) is 15.7. The molecule has 0 radical (unpaired) electrons. The number of anilines is 2. The highest BCUT2D eigenvalue weighted by Gasteiger charge is 2.17. The number of amides is 3. The molecule has 1 aromatic heterocycles. The Bertz CT molecular complexity index is 757. The second-order valence-electron chi connectivity index (χ2n) is 5.92. The highest BCUT2D eigenvalue weighted by atomic mass is 35.5. The van der Waals surface area contributed by atoms with E-state index in [0.29, 0.717) is 17.1 Å². The smallest absolute Gasteiger partial charge is 0.318 e. The number of hydrogen-bond acceptors (Lipinski definition) is 4. The van der Waals surface area contributed by atoms with Crippen molar-refractivity contribution in [1.29, 1.82) is 0 Å². The minimum absolute atomic E-state index is 0. The summed E-state index contributed by atoms with van der Waals surface area (Å²) >= 11 is 0. The molecule has 0 bridgehead atoms. The fraction of sp³-hybridized carbons (Fsp3) is 0.353. The fourth-order valence-corrected chi connectivity index (χ4v) is 2.79. The molecule has 3 amide bonds. The number of hydrogen-bond donors (Lipinski definition) is 4. The predicted molar refractivity (Wildman–Crippen MR) is 103 cm³/mol. The van der Waals surface area contributed by atoms with E-state index in [0.717, 1.165) is 25.9 Å². The molecular formula is C17H23ClN6O2. The standard InChI is InChI=1S/C17H22N6O2.ClH/c1-18-17(25)21-13-5-2-4-12(10-13)20-16(24)15-7-9-23(22-15)14-6-3-8-19-11-14;/h2,4-5,7,9-10,14,19H,3,6,8,11H2,1H3,(H,20,24)(H2,18,21,25);1H. The number of rotatable bonds is 4. The van der Waals surface area contributed by atoms with Gasteiger partial charge in [0.05, 0.1) is 6.04 Å². The molecule has 0 aliphatic carbocycles. The quantitative estimate of drug-likeness (QED) is 0.655. The van der Waals surface area contributed by atoms with Gasteiger partial charge in [-0.2, -0.15) is 5.10 Å². The molecule has 26 heavy (non-hydrogen) atoms. The lowest BCUT2D eigenvalue weighted by Gasteiger charge is -2.22. The summed E-state index contributed by atoms with van der Waals surface area (Å²) in [7, 11) is 1.54. The van der Waals surface area contributed by atoms with Crippen LogP contribution in [0.25, 0.3) is 0 Å². The Hall–Kier alpha value is -2.58. The number of piperidine rings is 1. The molecule has 2 aromatic rings. The SMILES string of the molecule is CNC(=O)Nc1cccc(NC(=O)c2ccn(C3CCCNC3)n2)c1.Cl. The van der Waals surface area contributed by atoms with Crippen LogP contribution in [0.3, 0.4) is 0 Å². The second-order valence-corrected chi connectivity index (χ2v) is 5.92. The van der Waals surface area contributed by atoms with Crippen molar-refractivity contribution in [2.75, 3.05) is 30.8 Å². The van der Waals surface area contributed by atoms with E-state index in [4.69, 9.17) is 0 Å². The first-order chi connectivity index (χ1) is 12.2. The van der Waals surface area contributed by atoms with Crippen LogP contribution >= 0.6 is 12.4 Å². The third-order valence-corrected chi connectivity index (χ3v) is 4.09. The van der Waals surface area contributed by atoms with Crippen LogP contribution < -0.4 is 21.3 Å². The molecule has 0 saturated carbocycles. The van der Waals surface area contributed by atoms with E-state index in [2.05, 4.69) is 26.4 Å². The molecule has 1 aliphatic heterocycles. The van der Waals surface area contributed by atoms with Gasteiger partial charge in [-0.3, -0.25) is 9.48 Å². The Labute approximate surface area is 158 Å². The number of aromatic nitrogens is 2. The summed E-state index contributed by atoms with van der Waals surface area (Å²) in [5.74, 6) is -0.278. The average Bonchev–Trinajstić information content (AvgIpc) is 3.13. The summed E-state index contributed by atoms with van der Waals surface area (Å²) in [6.45, 7) is 1.90. The molecule has 9 heteroatoms. The lowest BCUT2D eigenvalue weighted by atomic mass is 10.1. The topological polar surface area (TPSA) is 100 Å². The van der Waals surface area contributed by atoms with Crippen LogP contribution in [0.2, 0.25) is 0 Å². The molecule has 1 unspecified atom stereocenters. The predicted octanol–water partition coefficient (Wildman–Crippen LogP) is 2.23. The van der Waals surface area contributed by atoms with Gasteiger partial charge in [0, 0.05) is 31.2 Å². The van der Waals surface area contributed by atoms with E-state index < -0.39 is 0 Å². The van der Waals surface area contributed by atoms with Crippen LogP contribution in [0.5, 0.6) is 0 Å². The summed E-state index contributed by atoms with van der Waals surface area (Å²) in [4.78, 5) is 23.8. The van der Waals surface area contributed by atoms with Gasteiger partial charge >= 0.3 is 6.03 Å². The average molecular weight is 379 g/mol. The first-order valence-corrected chi connectivity index (χ1v) is 8.32. The van der Waals surface area contributed by atoms with Crippen molar-refractivity contribution >= 4 is 35.7 Å². The lowest BCUT2D eigenvalue weighted by molar-refractivity contribution is 0.102. The molecule has 4 N–H and O–H groups in total. The van der Waals surface area contributed by atoms with E-state index in [1.165, 1.54) is 0 Å². The monoisotopic (exact) mass is 378 g/mol. The molecule has 1 fully saturated rings. The van der Waals surface area contributed by atoms with E-state index in [1.807, 2.05) is 10.9 Å². The maximum absolute atomic E-state index is 12.4. The Kier molecular flexibility index (Phi) is 6.99. The molecule has 8 nitrogen and oxygen atoms in total. The number of urea groups is 1. The highest BCUT2D eigenvalue weighted by molar-refractivity contribution is 6.03. The van der Waals surface area contributed by atoms with Crippen LogP contribution in [0, 0.1) is 0 Å². The number of benzene rings is 1. The zero-order valence-electron chi connectivity index (χ0n) is 14.5. The number of nitrogens with zero attached hydrogens (tertiary/aromatic N) is 2. The van der Waals surface area contributed by atoms with Crippen molar-refractivity contribution in [3.63, 3.8) is 0 Å². The van der Waals surface area contributed by atoms with Gasteiger partial charge < -0.3 is 21.3 Å². The van der Waals surface area contributed by atoms with Gasteiger partial charge in [0.25, 0.3) is 5.91 Å². The van der Waals surface area contributed by atoms with Crippen molar-refractivity contribution in [2.24, 2.45) is 0 Å². The third kappa shape index (κ3) is 4.96. The van der Waals surface area contributed by atoms with Gasteiger partial charge in [-0.05, 0) is 43.7 Å². The minimum atomic E-state index is -0.316. The first kappa shape index (κ1) is 19.7. The maximum atomic E-state index is 12.4. The lowest BCUT2D eigenvalue weighted by Crippen LogP contribution is -2.32. The van der Waals surface area contributed by atoms with Crippen molar-refractivity contribution in [2.45, 2.75) is 18.9 Å². The summed E-state index contributed by atoms with van der Waals surface area (Å²) in [6.07, 6.45) is 4.01. The summed E-state index contributed by atoms with van der Waals surface area (Å²) < 4.78 is 1.85. The maximum Gasteiger partial charge on any atom is 0.318 e. The van der Waals surface area contributed by atoms with E-state index in [9.17, 15) is 9.59 Å². The Morgan fingerprint density at radius 1 is 1.23 bits per heavy atom. The number of nitrogens with one attached hydrogen (secondary N) is 4. The van der Waals surface area contributed by atoms with Gasteiger partial charge in [-0.25, -0.2) is 4.79 Å². The first-order valence-electron chi connectivity index (χ1n) is 8.32. The Balaban J connectivity index is 0.00000243. The van der Waals surface area contributed by atoms with E-state index >= 15 is 0 Å². The molecule has 140 valence electrons. The van der Waals surface area contributed by atoms with Gasteiger partial charge in [0.15, 0.2) is 5.69 Å². The largest absolute Gasteiger partial charge is 0.341 e. The second kappa shape index (κ2) is 9.21. The normalized spacial score (nSPS) is 16.3. The van der Waals surface area contributed by atoms with Crippen molar-refractivity contribution in [3.05, 3.63) is 42.2 Å². The summed E-state index contributed by atoms with van der Waals surface area (Å²) in [5.41, 5.74) is 1.55. The van der Waals surface area contributed by atoms with Crippen LogP contribution in [-0.2, 0) is 0 Å². The highest BCUT2D eigenvalue weighted by Crippen LogP contribution is 2.18. The molecule has 1 atom stereocenters. The minimum Gasteiger partial charge on any atom is -0.341 e. The zero-order chi connectivity index (χ0) is 17.6. The number of halogens is 1. The molecular weight excluding hydrogens is 356 g/mol. The van der Waals surface area contributed by atoms with Gasteiger partial charge in [0.1, 0.15) is 0 Å². The molecule has 1 saturated heterocycles. The van der Waals surface area contributed by atoms with Gasteiger partial charge in [-0.1, -0.05) is 6.07 Å². The van der Waals surface area contributed by atoms with Crippen LogP contribution in [0.4, 0.5) is 16.2 Å². The third-order valence-electron chi connectivity index (χ3n) is 4.09. The molecule has 0 spiro atoms. The Morgan fingerprint density at radius 2 is 2.00 bits per heavy atom. The van der Waals surface area contributed by atoms with Crippen LogP contribution in [0.15, 0.2) is 36.5 Å². The van der Waals surface area contributed by atoms with Crippen molar-refractivity contribution < 1.29 is 9.59 Å². The van der Waals surface area contributed by atoms with Gasteiger partial charge in [-0.15, -0.1) is 12.4 Å². The van der Waals surface area contributed by atoms with Crippen LogP contribution in [-0.4, -0.2) is 41.9 Å². The molecule has 1 aliphatic rings. The van der Waals surface area contributed by atoms with Crippen molar-refractivity contribution in [1.82, 2.24) is 20.4 Å². The molecule has 1 aromatic carbocycles. The number of carbonyl (C=O) groups excluding carboxylic acids is 2. The molecule has 3 rings (SSSR count). The van der Waals surface area contributed by atoms with E-state index in [1.54, 1.807) is 37.4 Å². The molecule has 2 heterocycles. The zero-order valence-corrected chi connectivity index (χ0v) is 15.3. The Morgan fingerprint density at radius 3 is 2.69 bits per heavy atom. The van der Waals surface area contributed by atoms with Crippen molar-refractivity contribution in [3.8, 4) is 0 Å². The van der Waals surface area contributed by atoms with Crippen LogP contribution in [0.1, 0.15) is 29.4 Å². The number of carbonyl (C=O) groups is 2. The summed E-state index contributed by atoms with van der Waals surface area (Å²) in [6, 6.07) is 8.64. The van der Waals surface area contributed by atoms with E-state index in [-0.39, 0.29) is 30.4 Å². The fourth-order valence-electron chi connectivity index (χ4n) is 2.79.